The van der Waals surface area contributed by atoms with Gasteiger partial charge in [-0.2, -0.15) is 9.97 Å². The number of hydrogen-bond donors (Lipinski definition) is 0. The molecule has 0 spiro atoms. The van der Waals surface area contributed by atoms with E-state index in [1.807, 2.05) is 24.3 Å². The van der Waals surface area contributed by atoms with Gasteiger partial charge in [-0.3, -0.25) is 4.79 Å². The minimum Gasteiger partial charge on any atom is -0.465 e. The number of nitrogens with zero attached hydrogens (tertiary/aromatic N) is 5. The molecule has 3 rings (SSSR count). The lowest BCUT2D eigenvalue weighted by atomic mass is 10.0. The van der Waals surface area contributed by atoms with Crippen molar-refractivity contribution in [3.05, 3.63) is 46.9 Å². The van der Waals surface area contributed by atoms with Crippen LogP contribution in [-0.2, 0) is 27.4 Å². The fourth-order valence-corrected chi connectivity index (χ4v) is 3.41. The SMILES string of the molecule is CCOC(=O)Cn1cnc2c(Cl)nc(N(Cc3ccc(C(C)C)cc3)C(=O)OC(C)(C)C)nc21. The summed E-state index contributed by atoms with van der Waals surface area (Å²) in [6.07, 6.45) is 0.821. The summed E-state index contributed by atoms with van der Waals surface area (Å²) in [5.74, 6) is -0.00198. The van der Waals surface area contributed by atoms with Crippen molar-refractivity contribution in [1.82, 2.24) is 19.5 Å². The molecule has 10 heteroatoms. The van der Waals surface area contributed by atoms with Crippen molar-refractivity contribution in [2.45, 2.75) is 66.2 Å². The molecular weight excluding hydrogens is 458 g/mol. The first-order valence-corrected chi connectivity index (χ1v) is 11.5. The summed E-state index contributed by atoms with van der Waals surface area (Å²) in [5, 5.41) is 0.0614. The highest BCUT2D eigenvalue weighted by atomic mass is 35.5. The molecule has 0 unspecified atom stereocenters. The van der Waals surface area contributed by atoms with Gasteiger partial charge in [0.2, 0.25) is 5.95 Å². The number of benzene rings is 1. The number of anilines is 1. The molecule has 0 aliphatic rings. The Balaban J connectivity index is 2.02. The number of amides is 1. The molecule has 0 atom stereocenters. The van der Waals surface area contributed by atoms with E-state index in [9.17, 15) is 9.59 Å². The normalized spacial score (nSPS) is 11.6. The minimum atomic E-state index is -0.726. The van der Waals surface area contributed by atoms with Crippen LogP contribution in [0.15, 0.2) is 30.6 Å². The monoisotopic (exact) mass is 487 g/mol. The van der Waals surface area contributed by atoms with Crippen LogP contribution < -0.4 is 4.90 Å². The van der Waals surface area contributed by atoms with Crippen LogP contribution in [0.5, 0.6) is 0 Å². The summed E-state index contributed by atoms with van der Waals surface area (Å²) >= 11 is 6.39. The Hall–Kier alpha value is -3.20. The first-order valence-electron chi connectivity index (χ1n) is 11.1. The zero-order valence-corrected chi connectivity index (χ0v) is 21.1. The summed E-state index contributed by atoms with van der Waals surface area (Å²) in [6, 6.07) is 7.97. The van der Waals surface area contributed by atoms with Crippen molar-refractivity contribution in [3.8, 4) is 0 Å². The highest BCUT2D eigenvalue weighted by Crippen LogP contribution is 2.25. The Kier molecular flexibility index (Phi) is 7.76. The molecule has 1 amide bonds. The number of carbonyl (C=O) groups excluding carboxylic acids is 2. The lowest BCUT2D eigenvalue weighted by Gasteiger charge is -2.26. The predicted molar refractivity (Wildman–Crippen MR) is 130 cm³/mol. The summed E-state index contributed by atoms with van der Waals surface area (Å²) in [7, 11) is 0. The van der Waals surface area contributed by atoms with Crippen LogP contribution in [0.1, 0.15) is 58.6 Å². The molecule has 182 valence electrons. The van der Waals surface area contributed by atoms with Gasteiger partial charge in [0.05, 0.1) is 19.5 Å². The van der Waals surface area contributed by atoms with Crippen molar-refractivity contribution in [2.24, 2.45) is 0 Å². The third-order valence-electron chi connectivity index (χ3n) is 4.86. The Morgan fingerprint density at radius 2 is 1.82 bits per heavy atom. The second-order valence-electron chi connectivity index (χ2n) is 9.13. The Bertz CT molecular complexity index is 1170. The van der Waals surface area contributed by atoms with Crippen LogP contribution in [0.2, 0.25) is 5.15 Å². The van der Waals surface area contributed by atoms with E-state index in [4.69, 9.17) is 21.1 Å². The molecule has 0 fully saturated rings. The lowest BCUT2D eigenvalue weighted by Crippen LogP contribution is -2.37. The van der Waals surface area contributed by atoms with E-state index < -0.39 is 17.7 Å². The number of carbonyl (C=O) groups is 2. The molecule has 3 aromatic rings. The summed E-state index contributed by atoms with van der Waals surface area (Å²) in [6.45, 7) is 11.6. The average Bonchev–Trinajstić information content (AvgIpc) is 3.14. The van der Waals surface area contributed by atoms with Crippen molar-refractivity contribution >= 4 is 40.8 Å². The fraction of sp³-hybridized carbons (Fsp3) is 0.458. The first-order chi connectivity index (χ1) is 16.0. The number of imidazole rings is 1. The predicted octanol–water partition coefficient (Wildman–Crippen LogP) is 5.11. The third kappa shape index (κ3) is 6.22. The quantitative estimate of drug-likeness (QED) is 0.337. The second-order valence-corrected chi connectivity index (χ2v) is 9.48. The van der Waals surface area contributed by atoms with Crippen LogP contribution >= 0.6 is 11.6 Å². The Morgan fingerprint density at radius 3 is 2.41 bits per heavy atom. The molecule has 0 bridgehead atoms. The second kappa shape index (κ2) is 10.4. The summed E-state index contributed by atoms with van der Waals surface area (Å²) < 4.78 is 12.1. The largest absolute Gasteiger partial charge is 0.465 e. The smallest absolute Gasteiger partial charge is 0.417 e. The van der Waals surface area contributed by atoms with Crippen LogP contribution in [-0.4, -0.2) is 43.8 Å². The fourth-order valence-electron chi connectivity index (χ4n) is 3.21. The van der Waals surface area contributed by atoms with E-state index in [0.29, 0.717) is 17.1 Å². The van der Waals surface area contributed by atoms with E-state index >= 15 is 0 Å². The molecule has 0 radical (unpaired) electrons. The van der Waals surface area contributed by atoms with Crippen molar-refractivity contribution < 1.29 is 19.1 Å². The molecule has 0 N–H and O–H groups in total. The number of ether oxygens (including phenoxy) is 2. The van der Waals surface area contributed by atoms with Gasteiger partial charge < -0.3 is 14.0 Å². The number of esters is 1. The van der Waals surface area contributed by atoms with Crippen molar-refractivity contribution in [1.29, 1.82) is 0 Å². The van der Waals surface area contributed by atoms with Gasteiger partial charge in [-0.15, -0.1) is 0 Å². The zero-order chi connectivity index (χ0) is 25.0. The number of fused-ring (bicyclic) bond motifs is 1. The Labute approximate surface area is 204 Å². The summed E-state index contributed by atoms with van der Waals surface area (Å²) in [4.78, 5) is 39.5. The van der Waals surface area contributed by atoms with E-state index in [1.165, 1.54) is 21.4 Å². The van der Waals surface area contributed by atoms with Gasteiger partial charge >= 0.3 is 12.1 Å². The van der Waals surface area contributed by atoms with E-state index in [0.717, 1.165) is 5.56 Å². The first kappa shape index (κ1) is 25.4. The molecule has 2 heterocycles. The van der Waals surface area contributed by atoms with Crippen molar-refractivity contribution in [3.63, 3.8) is 0 Å². The van der Waals surface area contributed by atoms with Crippen LogP contribution in [0, 0.1) is 0 Å². The van der Waals surface area contributed by atoms with E-state index in [-0.39, 0.29) is 30.8 Å². The molecule has 2 aromatic heterocycles. The maximum atomic E-state index is 13.2. The average molecular weight is 488 g/mol. The topological polar surface area (TPSA) is 99.4 Å². The minimum absolute atomic E-state index is 0.0466. The van der Waals surface area contributed by atoms with Crippen LogP contribution in [0.3, 0.4) is 0 Å². The Morgan fingerprint density at radius 1 is 1.15 bits per heavy atom. The molecule has 0 saturated heterocycles. The number of aromatic nitrogens is 4. The van der Waals surface area contributed by atoms with Crippen molar-refractivity contribution in [2.75, 3.05) is 11.5 Å². The number of rotatable bonds is 7. The molecular formula is C24H30ClN5O4. The standard InChI is InChI=1S/C24H30ClN5O4/c1-7-33-18(31)13-29-14-26-19-20(25)27-22(28-21(19)29)30(23(32)34-24(4,5)6)12-16-8-10-17(11-9-16)15(2)3/h8-11,14-15H,7,12-13H2,1-6H3. The van der Waals surface area contributed by atoms with Gasteiger partial charge in [0.25, 0.3) is 0 Å². The highest BCUT2D eigenvalue weighted by Gasteiger charge is 2.27. The maximum Gasteiger partial charge on any atom is 0.417 e. The molecule has 0 saturated carbocycles. The molecule has 34 heavy (non-hydrogen) atoms. The lowest BCUT2D eigenvalue weighted by molar-refractivity contribution is -0.143. The maximum absolute atomic E-state index is 13.2. The molecule has 1 aromatic carbocycles. The van der Waals surface area contributed by atoms with Gasteiger partial charge in [-0.25, -0.2) is 14.7 Å². The highest BCUT2D eigenvalue weighted by molar-refractivity contribution is 6.33. The van der Waals surface area contributed by atoms with Gasteiger partial charge in [-0.05, 0) is 44.7 Å². The van der Waals surface area contributed by atoms with Crippen LogP contribution in [0.4, 0.5) is 10.7 Å². The molecule has 9 nitrogen and oxygen atoms in total. The zero-order valence-electron chi connectivity index (χ0n) is 20.3. The van der Waals surface area contributed by atoms with Gasteiger partial charge in [0, 0.05) is 0 Å². The molecule has 0 aliphatic heterocycles. The van der Waals surface area contributed by atoms with Gasteiger partial charge in [0.15, 0.2) is 10.8 Å². The van der Waals surface area contributed by atoms with Crippen LogP contribution in [0.25, 0.3) is 11.2 Å². The third-order valence-corrected chi connectivity index (χ3v) is 5.12. The van der Waals surface area contributed by atoms with E-state index in [2.05, 4.69) is 28.8 Å². The van der Waals surface area contributed by atoms with E-state index in [1.54, 1.807) is 27.7 Å². The molecule has 0 aliphatic carbocycles. The number of halogens is 1. The summed E-state index contributed by atoms with van der Waals surface area (Å²) in [5.41, 5.74) is 1.97. The van der Waals surface area contributed by atoms with Gasteiger partial charge in [-0.1, -0.05) is 49.7 Å². The van der Waals surface area contributed by atoms with Gasteiger partial charge in [0.1, 0.15) is 17.7 Å². The number of hydrogen-bond acceptors (Lipinski definition) is 7.